The van der Waals surface area contributed by atoms with Crippen LogP contribution in [-0.4, -0.2) is 9.78 Å². The average Bonchev–Trinajstić information content (AvgIpc) is 2.85. The van der Waals surface area contributed by atoms with E-state index in [4.69, 9.17) is 17.3 Å². The van der Waals surface area contributed by atoms with Crippen LogP contribution in [0, 0.1) is 12.7 Å². The molecule has 0 aliphatic rings. The van der Waals surface area contributed by atoms with Gasteiger partial charge < -0.3 is 5.73 Å². The first-order chi connectivity index (χ1) is 10.0. The maximum absolute atomic E-state index is 13.7. The number of hydrogen-bond acceptors (Lipinski definition) is 2. The molecule has 1 heterocycles. The molecule has 5 heteroatoms. The second-order valence-corrected chi connectivity index (χ2v) is 5.25. The number of hydrogen-bond donors (Lipinski definition) is 1. The number of nitrogen functional groups attached to an aromatic ring is 1. The summed E-state index contributed by atoms with van der Waals surface area (Å²) < 4.78 is 15.3. The fourth-order valence-electron chi connectivity index (χ4n) is 2.08. The largest absolute Gasteiger partial charge is 0.396 e. The second-order valence-electron chi connectivity index (χ2n) is 4.82. The van der Waals surface area contributed by atoms with Gasteiger partial charge in [-0.25, -0.2) is 9.07 Å². The minimum absolute atomic E-state index is 0.270. The summed E-state index contributed by atoms with van der Waals surface area (Å²) >= 11 is 5.87. The molecule has 0 spiro atoms. The third-order valence-corrected chi connectivity index (χ3v) is 3.53. The van der Waals surface area contributed by atoms with Crippen molar-refractivity contribution < 1.29 is 4.39 Å². The van der Waals surface area contributed by atoms with Gasteiger partial charge in [-0.3, -0.25) is 0 Å². The molecule has 3 aromatic rings. The fraction of sp³-hybridized carbons (Fsp3) is 0.0625. The lowest BCUT2D eigenvalue weighted by molar-refractivity contribution is 0.619. The van der Waals surface area contributed by atoms with Crippen LogP contribution in [0.3, 0.4) is 0 Å². The van der Waals surface area contributed by atoms with E-state index in [0.29, 0.717) is 27.5 Å². The van der Waals surface area contributed by atoms with Gasteiger partial charge in [0, 0.05) is 10.6 Å². The van der Waals surface area contributed by atoms with Crippen molar-refractivity contribution >= 4 is 17.3 Å². The fourth-order valence-corrected chi connectivity index (χ4v) is 2.20. The molecule has 0 unspecified atom stereocenters. The molecule has 0 aliphatic heterocycles. The Morgan fingerprint density at radius 2 is 1.86 bits per heavy atom. The number of aromatic nitrogens is 2. The van der Waals surface area contributed by atoms with E-state index in [2.05, 4.69) is 5.10 Å². The van der Waals surface area contributed by atoms with Gasteiger partial charge in [0.05, 0.1) is 17.6 Å². The maximum atomic E-state index is 13.7. The molecule has 0 bridgehead atoms. The van der Waals surface area contributed by atoms with E-state index < -0.39 is 0 Å². The Balaban J connectivity index is 2.05. The lowest BCUT2D eigenvalue weighted by atomic mass is 10.1. The number of nitrogens with two attached hydrogens (primary N) is 1. The van der Waals surface area contributed by atoms with Crippen LogP contribution in [0.25, 0.3) is 16.9 Å². The van der Waals surface area contributed by atoms with Gasteiger partial charge in [-0.15, -0.1) is 0 Å². The third kappa shape index (κ3) is 2.62. The van der Waals surface area contributed by atoms with Crippen molar-refractivity contribution in [3.63, 3.8) is 0 Å². The molecule has 0 aliphatic carbocycles. The van der Waals surface area contributed by atoms with E-state index in [9.17, 15) is 4.39 Å². The minimum Gasteiger partial charge on any atom is -0.396 e. The molecule has 0 saturated carbocycles. The average molecular weight is 302 g/mol. The van der Waals surface area contributed by atoms with Gasteiger partial charge in [0.1, 0.15) is 11.5 Å². The van der Waals surface area contributed by atoms with Crippen LogP contribution < -0.4 is 5.73 Å². The quantitative estimate of drug-likeness (QED) is 0.770. The summed E-state index contributed by atoms with van der Waals surface area (Å²) in [6, 6.07) is 12.2. The highest BCUT2D eigenvalue weighted by molar-refractivity contribution is 6.30. The van der Waals surface area contributed by atoms with Gasteiger partial charge in [0.25, 0.3) is 0 Å². The van der Waals surface area contributed by atoms with Crippen molar-refractivity contribution in [3.05, 3.63) is 65.1 Å². The Kier molecular flexibility index (Phi) is 3.39. The first-order valence-electron chi connectivity index (χ1n) is 6.42. The summed E-state index contributed by atoms with van der Waals surface area (Å²) in [6.07, 6.45) is 1.70. The van der Waals surface area contributed by atoms with Crippen molar-refractivity contribution in [2.75, 3.05) is 5.73 Å². The van der Waals surface area contributed by atoms with Crippen LogP contribution in [0.2, 0.25) is 5.02 Å². The molecule has 106 valence electrons. The van der Waals surface area contributed by atoms with Crippen LogP contribution in [0.5, 0.6) is 0 Å². The molecule has 21 heavy (non-hydrogen) atoms. The zero-order chi connectivity index (χ0) is 15.0. The van der Waals surface area contributed by atoms with Crippen LogP contribution in [0.15, 0.2) is 48.7 Å². The van der Waals surface area contributed by atoms with Crippen LogP contribution >= 0.6 is 11.6 Å². The molecule has 0 atom stereocenters. The molecule has 1 aromatic heterocycles. The Labute approximate surface area is 126 Å². The summed E-state index contributed by atoms with van der Waals surface area (Å²) in [5.74, 6) is -0.270. The van der Waals surface area contributed by atoms with E-state index in [1.165, 1.54) is 6.07 Å². The van der Waals surface area contributed by atoms with E-state index in [1.807, 2.05) is 18.2 Å². The Hall–Kier alpha value is -2.33. The van der Waals surface area contributed by atoms with Crippen molar-refractivity contribution in [1.82, 2.24) is 9.78 Å². The first kappa shape index (κ1) is 13.6. The molecule has 0 saturated heterocycles. The Morgan fingerprint density at radius 3 is 2.52 bits per heavy atom. The number of halogens is 2. The van der Waals surface area contributed by atoms with Crippen LogP contribution in [0.1, 0.15) is 5.56 Å². The zero-order valence-corrected chi connectivity index (χ0v) is 12.1. The Bertz CT molecular complexity index is 794. The predicted molar refractivity (Wildman–Crippen MR) is 83.1 cm³/mol. The highest BCUT2D eigenvalue weighted by Gasteiger charge is 2.11. The summed E-state index contributed by atoms with van der Waals surface area (Å²) in [7, 11) is 0. The molecule has 0 amide bonds. The highest BCUT2D eigenvalue weighted by atomic mass is 35.5. The normalized spacial score (nSPS) is 10.8. The topological polar surface area (TPSA) is 43.8 Å². The lowest BCUT2D eigenvalue weighted by Crippen LogP contribution is -1.94. The van der Waals surface area contributed by atoms with Crippen molar-refractivity contribution in [2.24, 2.45) is 0 Å². The van der Waals surface area contributed by atoms with Gasteiger partial charge in [-0.2, -0.15) is 5.10 Å². The highest BCUT2D eigenvalue weighted by Crippen LogP contribution is 2.27. The van der Waals surface area contributed by atoms with Gasteiger partial charge in [-0.1, -0.05) is 23.7 Å². The summed E-state index contributed by atoms with van der Waals surface area (Å²) in [4.78, 5) is 0. The molecule has 0 fully saturated rings. The number of aryl methyl sites for hydroxylation is 1. The standard InChI is InChI=1S/C16H13ClFN3/c1-10-2-3-11(8-14(10)18)16-15(19)9-21(20-16)13-6-4-12(17)5-7-13/h2-9H,19H2,1H3. The SMILES string of the molecule is Cc1ccc(-c2nn(-c3ccc(Cl)cc3)cc2N)cc1F. The smallest absolute Gasteiger partial charge is 0.126 e. The van der Waals surface area contributed by atoms with Crippen molar-refractivity contribution in [1.29, 1.82) is 0 Å². The molecule has 3 nitrogen and oxygen atoms in total. The van der Waals surface area contributed by atoms with Gasteiger partial charge in [0.2, 0.25) is 0 Å². The molecule has 0 radical (unpaired) electrons. The molecule has 3 rings (SSSR count). The van der Waals surface area contributed by atoms with E-state index in [1.54, 1.807) is 36.0 Å². The summed E-state index contributed by atoms with van der Waals surface area (Å²) in [6.45, 7) is 1.72. The molecule has 2 N–H and O–H groups in total. The molecular weight excluding hydrogens is 289 g/mol. The lowest BCUT2D eigenvalue weighted by Gasteiger charge is -2.02. The van der Waals surface area contributed by atoms with E-state index in [-0.39, 0.29) is 5.82 Å². The Morgan fingerprint density at radius 1 is 1.14 bits per heavy atom. The van der Waals surface area contributed by atoms with Crippen molar-refractivity contribution in [2.45, 2.75) is 6.92 Å². The number of nitrogens with zero attached hydrogens (tertiary/aromatic N) is 2. The summed E-state index contributed by atoms with van der Waals surface area (Å²) in [5, 5.41) is 5.09. The number of benzene rings is 2. The summed E-state index contributed by atoms with van der Waals surface area (Å²) in [5.41, 5.74) is 9.14. The van der Waals surface area contributed by atoms with Gasteiger partial charge in [0.15, 0.2) is 0 Å². The van der Waals surface area contributed by atoms with Gasteiger partial charge in [-0.05, 0) is 42.8 Å². The van der Waals surface area contributed by atoms with E-state index >= 15 is 0 Å². The predicted octanol–water partition coefficient (Wildman–Crippen LogP) is 4.22. The minimum atomic E-state index is -0.270. The third-order valence-electron chi connectivity index (χ3n) is 3.28. The zero-order valence-electron chi connectivity index (χ0n) is 11.3. The van der Waals surface area contributed by atoms with E-state index in [0.717, 1.165) is 5.69 Å². The number of rotatable bonds is 2. The van der Waals surface area contributed by atoms with Crippen LogP contribution in [-0.2, 0) is 0 Å². The van der Waals surface area contributed by atoms with Crippen LogP contribution in [0.4, 0.5) is 10.1 Å². The number of anilines is 1. The second kappa shape index (κ2) is 5.22. The van der Waals surface area contributed by atoms with Gasteiger partial charge >= 0.3 is 0 Å². The first-order valence-corrected chi connectivity index (χ1v) is 6.80. The van der Waals surface area contributed by atoms with Crippen molar-refractivity contribution in [3.8, 4) is 16.9 Å². The monoisotopic (exact) mass is 301 g/mol. The molecule has 2 aromatic carbocycles. The molecular formula is C16H13ClFN3. The maximum Gasteiger partial charge on any atom is 0.126 e.